The number of carbonyl (C=O) groups excluding carboxylic acids is 1. The van der Waals surface area contributed by atoms with Gasteiger partial charge < -0.3 is 14.8 Å². The van der Waals surface area contributed by atoms with Crippen molar-refractivity contribution in [1.29, 1.82) is 0 Å². The van der Waals surface area contributed by atoms with Crippen molar-refractivity contribution in [2.24, 2.45) is 0 Å². The lowest BCUT2D eigenvalue weighted by Gasteiger charge is -2.16. The second kappa shape index (κ2) is 7.01. The Balaban J connectivity index is 1.47. The number of hydrogen-bond donors (Lipinski definition) is 1. The van der Waals surface area contributed by atoms with Gasteiger partial charge in [0.2, 0.25) is 6.79 Å². The van der Waals surface area contributed by atoms with Gasteiger partial charge in [-0.1, -0.05) is 47.7 Å². The molecule has 4 rings (SSSR count). The lowest BCUT2D eigenvalue weighted by molar-refractivity contribution is -0.121. The minimum Gasteiger partial charge on any atom is -0.454 e. The number of rotatable bonds is 4. The fraction of sp³-hybridized carbons (Fsp3) is 0.158. The van der Waals surface area contributed by atoms with Gasteiger partial charge >= 0.3 is 0 Å². The van der Waals surface area contributed by atoms with Crippen molar-refractivity contribution in [1.82, 2.24) is 4.90 Å². The molecule has 0 spiro atoms. The van der Waals surface area contributed by atoms with Gasteiger partial charge in [0.25, 0.3) is 5.91 Å². The largest absolute Gasteiger partial charge is 0.454 e. The Labute approximate surface area is 161 Å². The molecule has 0 aromatic heterocycles. The number of ether oxygens (including phenoxy) is 2. The molecule has 1 amide bonds. The van der Waals surface area contributed by atoms with Gasteiger partial charge in [0, 0.05) is 5.69 Å². The van der Waals surface area contributed by atoms with E-state index < -0.39 is 0 Å². The average Bonchev–Trinajstić information content (AvgIpc) is 3.20. The van der Waals surface area contributed by atoms with Crippen LogP contribution < -0.4 is 14.8 Å². The molecule has 26 heavy (non-hydrogen) atoms. The summed E-state index contributed by atoms with van der Waals surface area (Å²) >= 11 is 6.67. The molecule has 0 unspecified atom stereocenters. The molecule has 2 aromatic rings. The van der Waals surface area contributed by atoms with Crippen LogP contribution in [0.5, 0.6) is 11.5 Å². The molecule has 5 nitrogen and oxygen atoms in total. The van der Waals surface area contributed by atoms with E-state index in [9.17, 15) is 4.79 Å². The van der Waals surface area contributed by atoms with Crippen LogP contribution in [0.2, 0.25) is 0 Å². The Morgan fingerprint density at radius 1 is 1.19 bits per heavy atom. The third-order valence-corrected chi connectivity index (χ3v) is 5.44. The van der Waals surface area contributed by atoms with Crippen LogP contribution in [-0.4, -0.2) is 28.6 Å². The monoisotopic (exact) mass is 384 g/mol. The highest BCUT2D eigenvalue weighted by molar-refractivity contribution is 8.26. The molecule has 0 bridgehead atoms. The van der Waals surface area contributed by atoms with E-state index in [4.69, 9.17) is 21.7 Å². The molecule has 2 aliphatic heterocycles. The fourth-order valence-corrected chi connectivity index (χ4v) is 3.89. The normalized spacial score (nSPS) is 17.3. The zero-order chi connectivity index (χ0) is 18.1. The van der Waals surface area contributed by atoms with Crippen molar-refractivity contribution in [2.75, 3.05) is 18.8 Å². The zero-order valence-corrected chi connectivity index (χ0v) is 15.7. The van der Waals surface area contributed by atoms with E-state index in [1.54, 1.807) is 4.90 Å². The van der Waals surface area contributed by atoms with Gasteiger partial charge in [-0.05, 0) is 42.8 Å². The summed E-state index contributed by atoms with van der Waals surface area (Å²) in [5.41, 5.74) is 3.01. The molecular formula is C19H16N2O3S2. The van der Waals surface area contributed by atoms with Crippen LogP contribution in [0.3, 0.4) is 0 Å². The molecule has 1 N–H and O–H groups in total. The Morgan fingerprint density at radius 3 is 2.77 bits per heavy atom. The predicted octanol–water partition coefficient (Wildman–Crippen LogP) is 3.99. The number of benzene rings is 2. The minimum absolute atomic E-state index is 0.0997. The number of nitrogens with one attached hydrogen (secondary N) is 1. The summed E-state index contributed by atoms with van der Waals surface area (Å²) in [5.74, 6) is 1.31. The van der Waals surface area contributed by atoms with E-state index in [1.165, 1.54) is 17.3 Å². The van der Waals surface area contributed by atoms with Crippen LogP contribution >= 0.6 is 24.0 Å². The topological polar surface area (TPSA) is 50.8 Å². The number of fused-ring (bicyclic) bond motifs is 1. The number of thiocarbonyl (C=S) groups is 1. The highest BCUT2D eigenvalue weighted by atomic mass is 32.2. The van der Waals surface area contributed by atoms with Crippen molar-refractivity contribution in [2.45, 2.75) is 6.92 Å². The highest BCUT2D eigenvalue weighted by Crippen LogP contribution is 2.36. The third-order valence-electron chi connectivity index (χ3n) is 4.06. The van der Waals surface area contributed by atoms with E-state index in [-0.39, 0.29) is 12.7 Å². The average molecular weight is 384 g/mol. The van der Waals surface area contributed by atoms with Crippen molar-refractivity contribution >= 4 is 46.0 Å². The number of anilines is 1. The molecule has 0 saturated carbocycles. The van der Waals surface area contributed by atoms with E-state index in [1.807, 2.05) is 55.5 Å². The lowest BCUT2D eigenvalue weighted by Crippen LogP contribution is -2.33. The van der Waals surface area contributed by atoms with Crippen molar-refractivity contribution in [3.63, 3.8) is 0 Å². The molecule has 7 heteroatoms. The van der Waals surface area contributed by atoms with Gasteiger partial charge in [-0.3, -0.25) is 9.69 Å². The molecular weight excluding hydrogens is 368 g/mol. The smallest absolute Gasteiger partial charge is 0.267 e. The molecule has 2 aromatic carbocycles. The van der Waals surface area contributed by atoms with E-state index >= 15 is 0 Å². The maximum atomic E-state index is 12.7. The Kier molecular flexibility index (Phi) is 4.57. The molecule has 132 valence electrons. The lowest BCUT2D eigenvalue weighted by atomic mass is 10.2. The highest BCUT2D eigenvalue weighted by Gasteiger charge is 2.31. The SMILES string of the molecule is Cc1ccc(NCN2C(=O)/C(=C\c3ccc4c(c3)OCO4)SC2=S)cc1. The molecule has 2 aliphatic rings. The maximum absolute atomic E-state index is 12.7. The van der Waals surface area contributed by atoms with Gasteiger partial charge in [-0.15, -0.1) is 0 Å². The maximum Gasteiger partial charge on any atom is 0.267 e. The molecule has 0 radical (unpaired) electrons. The van der Waals surface area contributed by atoms with Crippen molar-refractivity contribution < 1.29 is 14.3 Å². The summed E-state index contributed by atoms with van der Waals surface area (Å²) in [6, 6.07) is 13.6. The Bertz CT molecular complexity index is 910. The van der Waals surface area contributed by atoms with E-state index in [0.29, 0.717) is 21.6 Å². The summed E-state index contributed by atoms with van der Waals surface area (Å²) < 4.78 is 11.2. The third kappa shape index (κ3) is 3.40. The van der Waals surface area contributed by atoms with Gasteiger partial charge in [0.05, 0.1) is 11.6 Å². The molecule has 0 atom stereocenters. The summed E-state index contributed by atoms with van der Waals surface area (Å²) in [7, 11) is 0. The van der Waals surface area contributed by atoms with Gasteiger partial charge in [0.1, 0.15) is 4.32 Å². The number of aryl methyl sites for hydroxylation is 1. The summed E-state index contributed by atoms with van der Waals surface area (Å²) in [6.45, 7) is 2.60. The number of carbonyl (C=O) groups is 1. The minimum atomic E-state index is -0.0997. The first-order chi connectivity index (χ1) is 12.6. The van der Waals surface area contributed by atoms with Crippen LogP contribution in [0.15, 0.2) is 47.4 Å². The molecule has 1 saturated heterocycles. The quantitative estimate of drug-likeness (QED) is 0.635. The summed E-state index contributed by atoms with van der Waals surface area (Å²) in [5, 5.41) is 3.23. The summed E-state index contributed by atoms with van der Waals surface area (Å²) in [4.78, 5) is 14.8. The second-order valence-corrected chi connectivity index (χ2v) is 7.60. The number of hydrogen-bond acceptors (Lipinski definition) is 6. The van der Waals surface area contributed by atoms with Crippen molar-refractivity contribution in [3.8, 4) is 11.5 Å². The van der Waals surface area contributed by atoms with Crippen molar-refractivity contribution in [3.05, 3.63) is 58.5 Å². The molecule has 1 fully saturated rings. The van der Waals surface area contributed by atoms with Gasteiger partial charge in [-0.25, -0.2) is 0 Å². The summed E-state index contributed by atoms with van der Waals surface area (Å²) in [6.07, 6.45) is 1.83. The Morgan fingerprint density at radius 2 is 1.96 bits per heavy atom. The van der Waals surface area contributed by atoms with Gasteiger partial charge in [-0.2, -0.15) is 0 Å². The fourth-order valence-electron chi connectivity index (χ4n) is 2.63. The number of thioether (sulfide) groups is 1. The van der Waals surface area contributed by atoms with Crippen LogP contribution in [0, 0.1) is 6.92 Å². The van der Waals surface area contributed by atoms with Crippen LogP contribution in [0.1, 0.15) is 11.1 Å². The first-order valence-corrected chi connectivity index (χ1v) is 9.28. The molecule has 2 heterocycles. The van der Waals surface area contributed by atoms with Gasteiger partial charge in [0.15, 0.2) is 11.5 Å². The van der Waals surface area contributed by atoms with Crippen LogP contribution in [0.4, 0.5) is 5.69 Å². The van der Waals surface area contributed by atoms with Crippen LogP contribution in [-0.2, 0) is 4.79 Å². The van der Waals surface area contributed by atoms with E-state index in [0.717, 1.165) is 17.0 Å². The van der Waals surface area contributed by atoms with E-state index in [2.05, 4.69) is 5.32 Å². The predicted molar refractivity (Wildman–Crippen MR) is 107 cm³/mol. The Hall–Kier alpha value is -2.51. The second-order valence-electron chi connectivity index (χ2n) is 5.92. The van der Waals surface area contributed by atoms with Crippen LogP contribution in [0.25, 0.3) is 6.08 Å². The molecule has 0 aliphatic carbocycles. The number of amides is 1. The zero-order valence-electron chi connectivity index (χ0n) is 14.0. The first kappa shape index (κ1) is 16.9. The number of nitrogens with zero attached hydrogens (tertiary/aromatic N) is 1. The first-order valence-electron chi connectivity index (χ1n) is 8.06. The standard InChI is InChI=1S/C19H16N2O3S2/c1-12-2-5-14(6-3-12)20-10-21-18(22)17(26-19(21)25)9-13-4-7-15-16(8-13)24-11-23-15/h2-9,20H,10-11H2,1H3/b17-9+.